The number of carbonyl (C=O) groups excluding carboxylic acids is 3. The van der Waals surface area contributed by atoms with Gasteiger partial charge in [-0.25, -0.2) is 4.79 Å². The number of rotatable bonds is 5. The molecular formula is C19H25N3O4S. The number of methoxy groups -OCH3 is 1. The maximum Gasteiger partial charge on any atom is 0.340 e. The molecule has 3 aliphatic heterocycles. The van der Waals surface area contributed by atoms with E-state index in [-0.39, 0.29) is 11.8 Å². The first-order chi connectivity index (χ1) is 13.0. The molecule has 2 N–H and O–H groups in total. The maximum atomic E-state index is 12.8. The molecule has 3 atom stereocenters. The van der Waals surface area contributed by atoms with Gasteiger partial charge in [-0.1, -0.05) is 0 Å². The van der Waals surface area contributed by atoms with Crippen LogP contribution in [0.25, 0.3) is 0 Å². The molecule has 3 unspecified atom stereocenters. The molecule has 3 aliphatic rings. The molecule has 0 radical (unpaired) electrons. The van der Waals surface area contributed by atoms with E-state index in [4.69, 9.17) is 4.74 Å². The van der Waals surface area contributed by atoms with Crippen molar-refractivity contribution in [2.75, 3.05) is 18.6 Å². The summed E-state index contributed by atoms with van der Waals surface area (Å²) in [5.41, 5.74) is 0.396. The van der Waals surface area contributed by atoms with Crippen LogP contribution in [0.4, 0.5) is 5.00 Å². The quantitative estimate of drug-likeness (QED) is 0.746. The molecule has 2 amide bonds. The lowest BCUT2D eigenvalue weighted by Crippen LogP contribution is -2.44. The highest BCUT2D eigenvalue weighted by molar-refractivity contribution is 7.14. The van der Waals surface area contributed by atoms with E-state index < -0.39 is 12.0 Å². The number of amides is 2. The largest absolute Gasteiger partial charge is 0.465 e. The number of carbonyl (C=O) groups is 3. The molecule has 3 fully saturated rings. The van der Waals surface area contributed by atoms with Gasteiger partial charge in [0.05, 0.1) is 12.7 Å². The summed E-state index contributed by atoms with van der Waals surface area (Å²) in [6, 6.07) is 2.26. The second kappa shape index (κ2) is 7.59. The van der Waals surface area contributed by atoms with Crippen molar-refractivity contribution < 1.29 is 19.1 Å². The summed E-state index contributed by atoms with van der Waals surface area (Å²) in [7, 11) is 1.32. The van der Waals surface area contributed by atoms with E-state index in [1.54, 1.807) is 16.3 Å². The molecule has 7 nitrogen and oxygen atoms in total. The smallest absolute Gasteiger partial charge is 0.340 e. The van der Waals surface area contributed by atoms with Crippen LogP contribution in [0.15, 0.2) is 11.4 Å². The van der Waals surface area contributed by atoms with Gasteiger partial charge in [0.1, 0.15) is 11.0 Å². The van der Waals surface area contributed by atoms with Crippen LogP contribution in [0.2, 0.25) is 0 Å². The Morgan fingerprint density at radius 3 is 2.74 bits per heavy atom. The molecule has 146 valence electrons. The predicted molar refractivity (Wildman–Crippen MR) is 102 cm³/mol. The third kappa shape index (κ3) is 3.73. The van der Waals surface area contributed by atoms with Crippen molar-refractivity contribution >= 4 is 34.1 Å². The fourth-order valence-corrected chi connectivity index (χ4v) is 5.57. The van der Waals surface area contributed by atoms with Gasteiger partial charge in [0.2, 0.25) is 11.8 Å². The molecule has 0 saturated carbocycles. The van der Waals surface area contributed by atoms with Gasteiger partial charge in [-0.3, -0.25) is 9.59 Å². The van der Waals surface area contributed by atoms with Crippen LogP contribution in [-0.2, 0) is 14.3 Å². The Morgan fingerprint density at radius 2 is 2.04 bits per heavy atom. The van der Waals surface area contributed by atoms with Gasteiger partial charge in [-0.15, -0.1) is 11.3 Å². The van der Waals surface area contributed by atoms with E-state index >= 15 is 0 Å². The third-order valence-electron chi connectivity index (χ3n) is 5.88. The lowest BCUT2D eigenvalue weighted by atomic mass is 9.89. The predicted octanol–water partition coefficient (Wildman–Crippen LogP) is 1.68. The van der Waals surface area contributed by atoms with Crippen molar-refractivity contribution in [1.82, 2.24) is 10.6 Å². The molecule has 2 bridgehead atoms. The summed E-state index contributed by atoms with van der Waals surface area (Å²) in [5.74, 6) is -0.242. The number of piperidine rings is 1. The first-order valence-corrected chi connectivity index (χ1v) is 10.5. The topological polar surface area (TPSA) is 87.7 Å². The average molecular weight is 391 g/mol. The van der Waals surface area contributed by atoms with Crippen molar-refractivity contribution in [2.45, 2.75) is 56.7 Å². The minimum Gasteiger partial charge on any atom is -0.465 e. The molecule has 3 saturated heterocycles. The van der Waals surface area contributed by atoms with Gasteiger partial charge in [-0.2, -0.15) is 0 Å². The fourth-order valence-electron chi connectivity index (χ4n) is 4.65. The SMILES string of the molecule is COC(=O)c1ccsc1N1CCC(NC(=O)CC2CC3CCC(C2)N3)C1=O. The number of nitrogens with zero attached hydrogens (tertiary/aromatic N) is 1. The molecule has 27 heavy (non-hydrogen) atoms. The van der Waals surface area contributed by atoms with Crippen molar-refractivity contribution in [1.29, 1.82) is 0 Å². The summed E-state index contributed by atoms with van der Waals surface area (Å²) < 4.78 is 4.78. The zero-order valence-electron chi connectivity index (χ0n) is 15.4. The van der Waals surface area contributed by atoms with Crippen molar-refractivity contribution in [3.8, 4) is 0 Å². The van der Waals surface area contributed by atoms with Crippen LogP contribution in [-0.4, -0.2) is 49.6 Å². The van der Waals surface area contributed by atoms with Gasteiger partial charge in [0, 0.05) is 25.0 Å². The van der Waals surface area contributed by atoms with E-state index in [1.807, 2.05) is 0 Å². The molecular weight excluding hydrogens is 366 g/mol. The van der Waals surface area contributed by atoms with Gasteiger partial charge in [-0.05, 0) is 49.5 Å². The van der Waals surface area contributed by atoms with Crippen molar-refractivity contribution in [3.05, 3.63) is 17.0 Å². The second-order valence-corrected chi connectivity index (χ2v) is 8.60. The Hall–Kier alpha value is -1.93. The highest BCUT2D eigenvalue weighted by atomic mass is 32.1. The average Bonchev–Trinajstić information content (AvgIpc) is 3.34. The lowest BCUT2D eigenvalue weighted by molar-refractivity contribution is -0.127. The van der Waals surface area contributed by atoms with Gasteiger partial charge >= 0.3 is 5.97 Å². The van der Waals surface area contributed by atoms with E-state index in [2.05, 4.69) is 10.6 Å². The number of thiophene rings is 1. The standard InChI is InChI=1S/C19H25N3O4S/c1-26-19(25)14-5-7-27-18(14)22-6-4-15(17(22)24)21-16(23)10-11-8-12-2-3-13(9-11)20-12/h5,7,11-13,15,20H,2-4,6,8-10H2,1H3,(H,21,23). The van der Waals surface area contributed by atoms with E-state index in [0.29, 0.717) is 48.0 Å². The number of ether oxygens (including phenoxy) is 1. The third-order valence-corrected chi connectivity index (χ3v) is 6.82. The van der Waals surface area contributed by atoms with Gasteiger partial charge in [0.25, 0.3) is 0 Å². The molecule has 4 heterocycles. The van der Waals surface area contributed by atoms with Crippen LogP contribution in [0.3, 0.4) is 0 Å². The highest BCUT2D eigenvalue weighted by Crippen LogP contribution is 2.34. The van der Waals surface area contributed by atoms with Crippen LogP contribution in [0.1, 0.15) is 48.9 Å². The summed E-state index contributed by atoms with van der Waals surface area (Å²) in [6.45, 7) is 0.492. The molecule has 1 aromatic heterocycles. The van der Waals surface area contributed by atoms with Gasteiger partial charge < -0.3 is 20.3 Å². The van der Waals surface area contributed by atoms with E-state index in [9.17, 15) is 14.4 Å². The first kappa shape index (κ1) is 18.4. The van der Waals surface area contributed by atoms with Crippen LogP contribution >= 0.6 is 11.3 Å². The monoisotopic (exact) mass is 391 g/mol. The number of hydrogen-bond acceptors (Lipinski definition) is 6. The Balaban J connectivity index is 1.34. The Labute approximate surface area is 162 Å². The molecule has 0 aliphatic carbocycles. The number of esters is 1. The Bertz CT molecular complexity index is 737. The number of fused-ring (bicyclic) bond motifs is 2. The molecule has 0 aromatic carbocycles. The summed E-state index contributed by atoms with van der Waals surface area (Å²) in [6.07, 6.45) is 5.56. The van der Waals surface area contributed by atoms with Crippen molar-refractivity contribution in [3.63, 3.8) is 0 Å². The highest BCUT2D eigenvalue weighted by Gasteiger charge is 2.38. The number of nitrogens with one attached hydrogen (secondary N) is 2. The number of hydrogen-bond donors (Lipinski definition) is 2. The summed E-state index contributed by atoms with van der Waals surface area (Å²) in [4.78, 5) is 38.7. The second-order valence-electron chi connectivity index (χ2n) is 7.71. The number of anilines is 1. The Morgan fingerprint density at radius 1 is 1.30 bits per heavy atom. The minimum absolute atomic E-state index is 0.0409. The first-order valence-electron chi connectivity index (χ1n) is 9.57. The maximum absolute atomic E-state index is 12.8. The van der Waals surface area contributed by atoms with Crippen LogP contribution in [0.5, 0.6) is 0 Å². The lowest BCUT2D eigenvalue weighted by Gasteiger charge is -2.28. The van der Waals surface area contributed by atoms with Gasteiger partial charge in [0.15, 0.2) is 0 Å². The molecule has 0 spiro atoms. The van der Waals surface area contributed by atoms with E-state index in [1.165, 1.54) is 31.3 Å². The summed E-state index contributed by atoms with van der Waals surface area (Å²) >= 11 is 1.34. The fraction of sp³-hybridized carbons (Fsp3) is 0.632. The van der Waals surface area contributed by atoms with Crippen LogP contribution in [0, 0.1) is 5.92 Å². The Kier molecular flexibility index (Phi) is 5.19. The molecule has 1 aromatic rings. The zero-order valence-corrected chi connectivity index (χ0v) is 16.2. The molecule has 8 heteroatoms. The zero-order chi connectivity index (χ0) is 19.0. The van der Waals surface area contributed by atoms with E-state index in [0.717, 1.165) is 12.8 Å². The van der Waals surface area contributed by atoms with Crippen LogP contribution < -0.4 is 15.5 Å². The normalized spacial score (nSPS) is 29.8. The summed E-state index contributed by atoms with van der Waals surface area (Å²) in [5, 5.41) is 8.87. The molecule has 4 rings (SSSR count). The van der Waals surface area contributed by atoms with Crippen molar-refractivity contribution in [2.24, 2.45) is 5.92 Å². The minimum atomic E-state index is -0.511.